The number of amidine groups is 1. The summed E-state index contributed by atoms with van der Waals surface area (Å²) in [6.45, 7) is 2.76. The van der Waals surface area contributed by atoms with Crippen LogP contribution in [-0.2, 0) is 0 Å². The number of halogens is 1. The molecule has 1 atom stereocenters. The minimum absolute atomic E-state index is 0.317. The van der Waals surface area contributed by atoms with Gasteiger partial charge in [-0.05, 0) is 36.4 Å². The predicted octanol–water partition coefficient (Wildman–Crippen LogP) is 4.36. The molecule has 1 heterocycles. The quantitative estimate of drug-likeness (QED) is 0.890. The number of hydrogen-bond acceptors (Lipinski definition) is 3. The largest absolute Gasteiger partial charge is 0.332 e. The zero-order valence-corrected chi connectivity index (χ0v) is 13.4. The Morgan fingerprint density at radius 3 is 2.52 bits per heavy atom. The molecule has 6 heteroatoms. The van der Waals surface area contributed by atoms with Gasteiger partial charge in [-0.3, -0.25) is 4.99 Å². The first-order valence-corrected chi connectivity index (χ1v) is 8.14. The van der Waals surface area contributed by atoms with Crippen LogP contribution in [0.25, 0.3) is 0 Å². The fraction of sp³-hybridized carbons (Fsp3) is 0.176. The van der Waals surface area contributed by atoms with E-state index in [1.54, 1.807) is 16.7 Å². The number of carbonyl (C=O) groups excluding carboxylic acids is 1. The van der Waals surface area contributed by atoms with Crippen LogP contribution in [0.2, 0.25) is 0 Å². The molecule has 2 aromatic rings. The first-order valence-electron chi connectivity index (χ1n) is 7.26. The highest BCUT2D eigenvalue weighted by molar-refractivity contribution is 8.15. The molecule has 2 aromatic carbocycles. The van der Waals surface area contributed by atoms with Crippen LogP contribution in [0.1, 0.15) is 6.92 Å². The van der Waals surface area contributed by atoms with E-state index in [1.165, 1.54) is 24.3 Å². The summed E-state index contributed by atoms with van der Waals surface area (Å²) in [5.41, 5.74) is 1.28. The lowest BCUT2D eigenvalue weighted by molar-refractivity contribution is 0.259. The van der Waals surface area contributed by atoms with Crippen LogP contribution >= 0.6 is 11.8 Å². The molecular formula is C17H16FN3OS. The van der Waals surface area contributed by atoms with Crippen molar-refractivity contribution in [2.45, 2.75) is 12.2 Å². The molecule has 0 aliphatic carbocycles. The van der Waals surface area contributed by atoms with Gasteiger partial charge in [0.2, 0.25) is 0 Å². The van der Waals surface area contributed by atoms with Gasteiger partial charge in [0.15, 0.2) is 5.17 Å². The first-order chi connectivity index (χ1) is 11.1. The fourth-order valence-electron chi connectivity index (χ4n) is 2.19. The van der Waals surface area contributed by atoms with Crippen LogP contribution < -0.4 is 10.2 Å². The topological polar surface area (TPSA) is 44.7 Å². The highest BCUT2D eigenvalue weighted by atomic mass is 32.2. The number of thioether (sulfide) groups is 1. The van der Waals surface area contributed by atoms with Crippen LogP contribution in [0.4, 0.5) is 20.6 Å². The van der Waals surface area contributed by atoms with Crippen molar-refractivity contribution in [3.05, 3.63) is 60.4 Å². The summed E-state index contributed by atoms with van der Waals surface area (Å²) >= 11 is 1.56. The van der Waals surface area contributed by atoms with Crippen molar-refractivity contribution in [2.75, 3.05) is 16.8 Å². The fourth-order valence-corrected chi connectivity index (χ4v) is 3.14. The van der Waals surface area contributed by atoms with E-state index < -0.39 is 0 Å². The Labute approximate surface area is 138 Å². The number of benzene rings is 2. The minimum atomic E-state index is -0.340. The van der Waals surface area contributed by atoms with E-state index >= 15 is 0 Å². The smallest absolute Gasteiger partial charge is 0.307 e. The Bertz CT molecular complexity index is 718. The van der Waals surface area contributed by atoms with Gasteiger partial charge in [-0.25, -0.2) is 14.1 Å². The van der Waals surface area contributed by atoms with Crippen molar-refractivity contribution >= 4 is 34.3 Å². The lowest BCUT2D eigenvalue weighted by Crippen LogP contribution is -2.38. The van der Waals surface area contributed by atoms with Crippen molar-refractivity contribution in [3.63, 3.8) is 0 Å². The van der Waals surface area contributed by atoms with Gasteiger partial charge in [0.05, 0.1) is 12.2 Å². The third-order valence-electron chi connectivity index (χ3n) is 3.29. The van der Waals surface area contributed by atoms with Crippen LogP contribution in [0.15, 0.2) is 59.6 Å². The summed E-state index contributed by atoms with van der Waals surface area (Å²) in [6.07, 6.45) is 0. The number of aliphatic imine (C=N–C) groups is 1. The molecule has 1 N–H and O–H groups in total. The van der Waals surface area contributed by atoms with Crippen molar-refractivity contribution in [1.82, 2.24) is 0 Å². The maximum absolute atomic E-state index is 13.0. The summed E-state index contributed by atoms with van der Waals surface area (Å²) in [5, 5.41) is 3.80. The van der Waals surface area contributed by atoms with Crippen LogP contribution in [0, 0.1) is 5.82 Å². The van der Waals surface area contributed by atoms with Gasteiger partial charge < -0.3 is 5.32 Å². The second-order valence-electron chi connectivity index (χ2n) is 5.16. The molecule has 0 spiro atoms. The monoisotopic (exact) mass is 329 g/mol. The number of anilines is 2. The average molecular weight is 329 g/mol. The Hall–Kier alpha value is -2.34. The van der Waals surface area contributed by atoms with Gasteiger partial charge in [-0.2, -0.15) is 0 Å². The standard InChI is InChI=1S/C17H16FN3OS/c1-12-11-19-17(23-12)21(15-5-3-2-4-6-15)16(22)20-14-9-7-13(18)8-10-14/h2-10,12H,11H2,1H3,(H,20,22)/t12-/m1/s1. The molecule has 0 unspecified atom stereocenters. The number of nitrogens with zero attached hydrogens (tertiary/aromatic N) is 2. The van der Waals surface area contributed by atoms with Crippen molar-refractivity contribution in [1.29, 1.82) is 0 Å². The van der Waals surface area contributed by atoms with E-state index in [9.17, 15) is 9.18 Å². The number of urea groups is 1. The van der Waals surface area contributed by atoms with Gasteiger partial charge in [0.1, 0.15) is 5.82 Å². The van der Waals surface area contributed by atoms with E-state index in [4.69, 9.17) is 0 Å². The first kappa shape index (κ1) is 15.6. The number of rotatable bonds is 2. The van der Waals surface area contributed by atoms with Gasteiger partial charge in [-0.1, -0.05) is 36.9 Å². The van der Waals surface area contributed by atoms with E-state index in [-0.39, 0.29) is 11.8 Å². The summed E-state index contributed by atoms with van der Waals surface area (Å²) in [7, 11) is 0. The predicted molar refractivity (Wildman–Crippen MR) is 93.7 cm³/mol. The molecule has 4 nitrogen and oxygen atoms in total. The molecule has 0 aromatic heterocycles. The highest BCUT2D eigenvalue weighted by Gasteiger charge is 2.27. The third-order valence-corrected chi connectivity index (χ3v) is 4.37. The number of amides is 2. The molecule has 0 saturated heterocycles. The minimum Gasteiger partial charge on any atom is -0.307 e. The number of carbonyl (C=O) groups is 1. The van der Waals surface area contributed by atoms with E-state index in [2.05, 4.69) is 17.2 Å². The molecule has 0 bridgehead atoms. The summed E-state index contributed by atoms with van der Waals surface area (Å²) < 4.78 is 13.0. The summed E-state index contributed by atoms with van der Waals surface area (Å²) in [6, 6.07) is 14.7. The molecule has 1 aliphatic heterocycles. The molecular weight excluding hydrogens is 313 g/mol. The third kappa shape index (κ3) is 3.71. The number of nitrogens with one attached hydrogen (secondary N) is 1. The summed E-state index contributed by atoms with van der Waals surface area (Å²) in [4.78, 5) is 18.7. The van der Waals surface area contributed by atoms with Crippen molar-refractivity contribution in [3.8, 4) is 0 Å². The average Bonchev–Trinajstić information content (AvgIpc) is 2.97. The Balaban J connectivity index is 1.86. The Morgan fingerprint density at radius 2 is 1.91 bits per heavy atom. The highest BCUT2D eigenvalue weighted by Crippen LogP contribution is 2.27. The number of para-hydroxylation sites is 1. The van der Waals surface area contributed by atoms with Crippen LogP contribution in [0.5, 0.6) is 0 Å². The van der Waals surface area contributed by atoms with Gasteiger partial charge >= 0.3 is 6.03 Å². The van der Waals surface area contributed by atoms with Gasteiger partial charge in [0, 0.05) is 10.9 Å². The van der Waals surface area contributed by atoms with Gasteiger partial charge in [-0.15, -0.1) is 0 Å². The lowest BCUT2D eigenvalue weighted by Gasteiger charge is -2.22. The molecule has 2 amide bonds. The number of hydrogen-bond donors (Lipinski definition) is 1. The maximum atomic E-state index is 13.0. The summed E-state index contributed by atoms with van der Waals surface area (Å²) in [5.74, 6) is -0.340. The maximum Gasteiger partial charge on any atom is 0.332 e. The lowest BCUT2D eigenvalue weighted by atomic mass is 10.3. The van der Waals surface area contributed by atoms with E-state index in [0.717, 1.165) is 5.69 Å². The zero-order chi connectivity index (χ0) is 16.2. The molecule has 0 saturated carbocycles. The molecule has 23 heavy (non-hydrogen) atoms. The molecule has 3 rings (SSSR count). The Morgan fingerprint density at radius 1 is 1.22 bits per heavy atom. The zero-order valence-electron chi connectivity index (χ0n) is 12.6. The second-order valence-corrected chi connectivity index (χ2v) is 6.57. The SMILES string of the molecule is C[C@@H]1CN=C(N(C(=O)Nc2ccc(F)cc2)c2ccccc2)S1. The van der Waals surface area contributed by atoms with E-state index in [0.29, 0.717) is 22.6 Å². The molecule has 1 aliphatic rings. The van der Waals surface area contributed by atoms with Crippen LogP contribution in [-0.4, -0.2) is 23.0 Å². The van der Waals surface area contributed by atoms with E-state index in [1.807, 2.05) is 30.3 Å². The molecule has 0 radical (unpaired) electrons. The Kier molecular flexibility index (Phi) is 4.62. The van der Waals surface area contributed by atoms with Crippen LogP contribution in [0.3, 0.4) is 0 Å². The molecule has 118 valence electrons. The normalized spacial score (nSPS) is 16.8. The molecule has 0 fully saturated rings. The van der Waals surface area contributed by atoms with Crippen molar-refractivity contribution < 1.29 is 9.18 Å². The second kappa shape index (κ2) is 6.83. The van der Waals surface area contributed by atoms with Gasteiger partial charge in [0.25, 0.3) is 0 Å². The van der Waals surface area contributed by atoms with Crippen molar-refractivity contribution in [2.24, 2.45) is 4.99 Å².